The largest absolute Gasteiger partial charge is 0.381 e. The number of Topliss-reactive ketones (excluding diaryl/α,β-unsaturated/α-hetero) is 1. The topological polar surface area (TPSA) is 35.5 Å². The molecule has 1 heterocycles. The number of ketones is 1. The summed E-state index contributed by atoms with van der Waals surface area (Å²) in [5.74, 6) is 0.905. The van der Waals surface area contributed by atoms with E-state index in [1.54, 1.807) is 7.11 Å². The molecule has 1 aliphatic carbocycles. The molecule has 0 bridgehead atoms. The van der Waals surface area contributed by atoms with Gasteiger partial charge in [-0.3, -0.25) is 4.79 Å². The van der Waals surface area contributed by atoms with E-state index >= 15 is 0 Å². The number of hydrogen-bond acceptors (Lipinski definition) is 3. The molecule has 0 aromatic heterocycles. The Bertz CT molecular complexity index is 251. The van der Waals surface area contributed by atoms with Crippen molar-refractivity contribution in [1.82, 2.24) is 0 Å². The first-order valence-corrected chi connectivity index (χ1v) is 5.82. The molecule has 3 nitrogen and oxygen atoms in total. The van der Waals surface area contributed by atoms with Gasteiger partial charge in [0.05, 0.1) is 18.3 Å². The summed E-state index contributed by atoms with van der Waals surface area (Å²) in [6, 6.07) is 0. The lowest BCUT2D eigenvalue weighted by molar-refractivity contribution is -0.162. The minimum absolute atomic E-state index is 0.0848. The first kappa shape index (κ1) is 11.1. The minimum Gasteiger partial charge on any atom is -0.381 e. The summed E-state index contributed by atoms with van der Waals surface area (Å²) in [5, 5.41) is 0. The van der Waals surface area contributed by atoms with E-state index in [0.717, 1.165) is 12.8 Å². The molecule has 86 valence electrons. The molecule has 0 aromatic carbocycles. The number of ether oxygens (including phenoxy) is 2. The van der Waals surface area contributed by atoms with Crippen LogP contribution < -0.4 is 0 Å². The van der Waals surface area contributed by atoms with Crippen molar-refractivity contribution in [2.24, 2.45) is 11.8 Å². The highest BCUT2D eigenvalue weighted by Crippen LogP contribution is 2.38. The summed E-state index contributed by atoms with van der Waals surface area (Å²) in [5.41, 5.74) is 0. The van der Waals surface area contributed by atoms with E-state index in [4.69, 9.17) is 9.47 Å². The van der Waals surface area contributed by atoms with Gasteiger partial charge >= 0.3 is 0 Å². The van der Waals surface area contributed by atoms with Crippen LogP contribution in [0.2, 0.25) is 0 Å². The van der Waals surface area contributed by atoms with Gasteiger partial charge in [-0.2, -0.15) is 0 Å². The molecule has 0 N–H and O–H groups in total. The molecule has 5 unspecified atom stereocenters. The summed E-state index contributed by atoms with van der Waals surface area (Å²) in [7, 11) is 1.74. The maximum atomic E-state index is 11.9. The Kier molecular flexibility index (Phi) is 3.12. The zero-order valence-corrected chi connectivity index (χ0v) is 9.73. The number of rotatable bonds is 1. The number of carbonyl (C=O) groups excluding carboxylic acids is 1. The second kappa shape index (κ2) is 4.22. The summed E-state index contributed by atoms with van der Waals surface area (Å²) in [6.07, 6.45) is 2.89. The molecular formula is C12H20O3. The highest BCUT2D eigenvalue weighted by atomic mass is 16.5. The zero-order valence-electron chi connectivity index (χ0n) is 9.73. The predicted molar refractivity (Wildman–Crippen MR) is 56.6 cm³/mol. The van der Waals surface area contributed by atoms with E-state index in [0.29, 0.717) is 18.1 Å². The van der Waals surface area contributed by atoms with Crippen LogP contribution in [0.1, 0.15) is 33.1 Å². The Morgan fingerprint density at radius 2 is 2.07 bits per heavy atom. The number of hydrogen-bond donors (Lipinski definition) is 0. The Balaban J connectivity index is 2.11. The third-order valence-electron chi connectivity index (χ3n) is 3.74. The van der Waals surface area contributed by atoms with E-state index in [2.05, 4.69) is 6.92 Å². The predicted octanol–water partition coefficient (Wildman–Crippen LogP) is 1.79. The van der Waals surface area contributed by atoms with Crippen LogP contribution in [0, 0.1) is 11.8 Å². The molecule has 5 atom stereocenters. The highest BCUT2D eigenvalue weighted by Gasteiger charge is 2.44. The molecule has 2 aliphatic rings. The standard InChI is InChI=1S/C12H20O3/c1-7-4-9(14-3)6-11-12(7)10(13)5-8(2)15-11/h7-9,11-12H,4-6H2,1-3H3. The number of carbonyl (C=O) groups is 1. The molecule has 1 aliphatic heterocycles. The molecule has 0 amide bonds. The van der Waals surface area contributed by atoms with Gasteiger partial charge in [0, 0.05) is 25.9 Å². The Labute approximate surface area is 91.1 Å². The van der Waals surface area contributed by atoms with Crippen molar-refractivity contribution in [3.05, 3.63) is 0 Å². The van der Waals surface area contributed by atoms with E-state index in [1.807, 2.05) is 6.92 Å². The van der Waals surface area contributed by atoms with Crippen LogP contribution in [0.25, 0.3) is 0 Å². The van der Waals surface area contributed by atoms with Gasteiger partial charge in [-0.1, -0.05) is 6.92 Å². The van der Waals surface area contributed by atoms with Gasteiger partial charge < -0.3 is 9.47 Å². The molecular weight excluding hydrogens is 192 g/mol. The fourth-order valence-electron chi connectivity index (χ4n) is 3.05. The molecule has 15 heavy (non-hydrogen) atoms. The monoisotopic (exact) mass is 212 g/mol. The quantitative estimate of drug-likeness (QED) is 0.665. The van der Waals surface area contributed by atoms with Crippen LogP contribution in [0.4, 0.5) is 0 Å². The second-order valence-electron chi connectivity index (χ2n) is 4.99. The van der Waals surface area contributed by atoms with Gasteiger partial charge in [0.2, 0.25) is 0 Å². The van der Waals surface area contributed by atoms with Crippen molar-refractivity contribution in [3.63, 3.8) is 0 Å². The molecule has 2 fully saturated rings. The number of fused-ring (bicyclic) bond motifs is 1. The lowest BCUT2D eigenvalue weighted by atomic mass is 9.72. The lowest BCUT2D eigenvalue weighted by Crippen LogP contribution is -2.49. The Morgan fingerprint density at radius 3 is 2.73 bits per heavy atom. The SMILES string of the molecule is COC1CC(C)C2C(=O)CC(C)OC2C1. The molecule has 1 saturated heterocycles. The molecule has 0 radical (unpaired) electrons. The van der Waals surface area contributed by atoms with Crippen LogP contribution in [0.5, 0.6) is 0 Å². The van der Waals surface area contributed by atoms with Crippen molar-refractivity contribution in [2.45, 2.75) is 51.4 Å². The van der Waals surface area contributed by atoms with E-state index in [-0.39, 0.29) is 24.2 Å². The Morgan fingerprint density at radius 1 is 1.33 bits per heavy atom. The van der Waals surface area contributed by atoms with Crippen LogP contribution in [-0.2, 0) is 14.3 Å². The van der Waals surface area contributed by atoms with E-state index < -0.39 is 0 Å². The van der Waals surface area contributed by atoms with Crippen LogP contribution >= 0.6 is 0 Å². The zero-order chi connectivity index (χ0) is 11.0. The lowest BCUT2D eigenvalue weighted by Gasteiger charge is -2.43. The van der Waals surface area contributed by atoms with Gasteiger partial charge in [0.25, 0.3) is 0 Å². The average molecular weight is 212 g/mol. The second-order valence-corrected chi connectivity index (χ2v) is 4.99. The normalized spacial score (nSPS) is 46.3. The van der Waals surface area contributed by atoms with E-state index in [9.17, 15) is 4.79 Å². The van der Waals surface area contributed by atoms with Crippen molar-refractivity contribution >= 4 is 5.78 Å². The van der Waals surface area contributed by atoms with Crippen molar-refractivity contribution in [2.75, 3.05) is 7.11 Å². The van der Waals surface area contributed by atoms with Crippen molar-refractivity contribution in [3.8, 4) is 0 Å². The van der Waals surface area contributed by atoms with Crippen LogP contribution in [0.15, 0.2) is 0 Å². The van der Waals surface area contributed by atoms with E-state index in [1.165, 1.54) is 0 Å². The summed E-state index contributed by atoms with van der Waals surface area (Å²) in [6.45, 7) is 4.12. The minimum atomic E-state index is 0.0848. The van der Waals surface area contributed by atoms with Crippen molar-refractivity contribution < 1.29 is 14.3 Å². The van der Waals surface area contributed by atoms with Gasteiger partial charge in [-0.25, -0.2) is 0 Å². The maximum absolute atomic E-state index is 11.9. The first-order chi connectivity index (χ1) is 7.11. The number of methoxy groups -OCH3 is 1. The van der Waals surface area contributed by atoms with Gasteiger partial charge in [-0.05, 0) is 19.3 Å². The fourth-order valence-corrected chi connectivity index (χ4v) is 3.05. The summed E-state index contributed by atoms with van der Waals surface area (Å²) >= 11 is 0. The van der Waals surface area contributed by atoms with Crippen LogP contribution in [-0.4, -0.2) is 31.2 Å². The average Bonchev–Trinajstić information content (AvgIpc) is 2.15. The molecule has 2 rings (SSSR count). The molecule has 0 aromatic rings. The van der Waals surface area contributed by atoms with Gasteiger partial charge in [-0.15, -0.1) is 0 Å². The van der Waals surface area contributed by atoms with Gasteiger partial charge in [0.1, 0.15) is 5.78 Å². The van der Waals surface area contributed by atoms with Crippen molar-refractivity contribution in [1.29, 1.82) is 0 Å². The Hall–Kier alpha value is -0.410. The highest BCUT2D eigenvalue weighted by molar-refractivity contribution is 5.83. The third-order valence-corrected chi connectivity index (χ3v) is 3.74. The maximum Gasteiger partial charge on any atom is 0.141 e. The molecule has 1 saturated carbocycles. The van der Waals surface area contributed by atoms with Crippen LogP contribution in [0.3, 0.4) is 0 Å². The summed E-state index contributed by atoms with van der Waals surface area (Å²) < 4.78 is 11.3. The van der Waals surface area contributed by atoms with Gasteiger partial charge in [0.15, 0.2) is 0 Å². The smallest absolute Gasteiger partial charge is 0.141 e. The molecule has 3 heteroatoms. The third kappa shape index (κ3) is 2.08. The summed E-state index contributed by atoms with van der Waals surface area (Å²) in [4.78, 5) is 11.9. The fraction of sp³-hybridized carbons (Fsp3) is 0.917. The first-order valence-electron chi connectivity index (χ1n) is 5.82. The molecule has 0 spiro atoms.